The van der Waals surface area contributed by atoms with Gasteiger partial charge in [-0.1, -0.05) is 19.1 Å². The molecule has 2 rings (SSSR count). The number of phenols is 1. The van der Waals surface area contributed by atoms with Crippen LogP contribution in [0.25, 0.3) is 0 Å². The van der Waals surface area contributed by atoms with Crippen LogP contribution in [0.1, 0.15) is 30.0 Å². The van der Waals surface area contributed by atoms with E-state index in [4.69, 9.17) is 5.73 Å². The van der Waals surface area contributed by atoms with Crippen molar-refractivity contribution >= 4 is 0 Å². The summed E-state index contributed by atoms with van der Waals surface area (Å²) in [6.07, 6.45) is 1.18. The Kier molecular flexibility index (Phi) is 3.93. The Balaban J connectivity index is 2.06. The summed E-state index contributed by atoms with van der Waals surface area (Å²) in [6.45, 7) is 9.17. The van der Waals surface area contributed by atoms with Crippen LogP contribution >= 0.6 is 0 Å². The molecule has 0 bridgehead atoms. The number of likely N-dealkylation sites (tertiary alicyclic amines) is 1. The van der Waals surface area contributed by atoms with Gasteiger partial charge in [0.15, 0.2) is 0 Å². The van der Waals surface area contributed by atoms with E-state index >= 15 is 0 Å². The van der Waals surface area contributed by atoms with Crippen LogP contribution in [0.3, 0.4) is 0 Å². The van der Waals surface area contributed by atoms with Crippen molar-refractivity contribution in [3.8, 4) is 5.75 Å². The molecule has 1 aliphatic rings. The molecule has 18 heavy (non-hydrogen) atoms. The zero-order valence-corrected chi connectivity index (χ0v) is 11.6. The first-order valence-electron chi connectivity index (χ1n) is 6.74. The second kappa shape index (κ2) is 5.29. The van der Waals surface area contributed by atoms with Crippen molar-refractivity contribution < 1.29 is 5.11 Å². The summed E-state index contributed by atoms with van der Waals surface area (Å²) in [7, 11) is 0. The Bertz CT molecular complexity index is 407. The maximum Gasteiger partial charge on any atom is 0.121 e. The number of hydrogen-bond donors (Lipinski definition) is 2. The lowest BCUT2D eigenvalue weighted by atomic mass is 9.94. The van der Waals surface area contributed by atoms with E-state index in [9.17, 15) is 5.11 Å². The van der Waals surface area contributed by atoms with Gasteiger partial charge in [0.2, 0.25) is 0 Å². The number of benzene rings is 1. The number of rotatable bonds is 2. The topological polar surface area (TPSA) is 49.5 Å². The van der Waals surface area contributed by atoms with Crippen LogP contribution in [0.15, 0.2) is 12.1 Å². The summed E-state index contributed by atoms with van der Waals surface area (Å²) >= 11 is 0. The Labute approximate surface area is 110 Å². The van der Waals surface area contributed by atoms with E-state index in [1.807, 2.05) is 13.8 Å². The predicted molar refractivity (Wildman–Crippen MR) is 74.6 cm³/mol. The van der Waals surface area contributed by atoms with Gasteiger partial charge >= 0.3 is 0 Å². The fourth-order valence-corrected chi connectivity index (χ4v) is 2.71. The molecule has 3 N–H and O–H groups in total. The van der Waals surface area contributed by atoms with Crippen LogP contribution < -0.4 is 5.73 Å². The molecule has 3 nitrogen and oxygen atoms in total. The third-order valence-electron chi connectivity index (χ3n) is 4.06. The van der Waals surface area contributed by atoms with Crippen LogP contribution in [0.4, 0.5) is 0 Å². The van der Waals surface area contributed by atoms with Gasteiger partial charge in [0.25, 0.3) is 0 Å². The Morgan fingerprint density at radius 1 is 1.33 bits per heavy atom. The fourth-order valence-electron chi connectivity index (χ4n) is 2.71. The molecule has 2 atom stereocenters. The number of nitrogens with two attached hydrogens (primary N) is 1. The Morgan fingerprint density at radius 3 is 2.50 bits per heavy atom. The summed E-state index contributed by atoms with van der Waals surface area (Å²) < 4.78 is 0. The van der Waals surface area contributed by atoms with Gasteiger partial charge in [-0.2, -0.15) is 0 Å². The van der Waals surface area contributed by atoms with E-state index in [2.05, 4.69) is 24.0 Å². The van der Waals surface area contributed by atoms with Gasteiger partial charge in [-0.05, 0) is 49.4 Å². The number of hydrogen-bond acceptors (Lipinski definition) is 3. The quantitative estimate of drug-likeness (QED) is 0.843. The molecule has 1 aromatic carbocycles. The largest absolute Gasteiger partial charge is 0.507 e. The van der Waals surface area contributed by atoms with Gasteiger partial charge in [0, 0.05) is 19.1 Å². The highest BCUT2D eigenvalue weighted by molar-refractivity contribution is 5.42. The van der Waals surface area contributed by atoms with Crippen LogP contribution in [0.5, 0.6) is 5.75 Å². The molecule has 0 aromatic heterocycles. The lowest BCUT2D eigenvalue weighted by Gasteiger charge is -2.35. The van der Waals surface area contributed by atoms with Crippen molar-refractivity contribution in [2.75, 3.05) is 13.1 Å². The molecule has 1 heterocycles. The van der Waals surface area contributed by atoms with Crippen molar-refractivity contribution in [2.45, 2.75) is 39.8 Å². The van der Waals surface area contributed by atoms with Crippen LogP contribution in [-0.4, -0.2) is 29.1 Å². The van der Waals surface area contributed by atoms with Gasteiger partial charge in [-0.3, -0.25) is 4.90 Å². The highest BCUT2D eigenvalue weighted by Gasteiger charge is 2.23. The second-order valence-electron chi connectivity index (χ2n) is 5.74. The lowest BCUT2D eigenvalue weighted by molar-refractivity contribution is 0.162. The van der Waals surface area contributed by atoms with Gasteiger partial charge in [0.1, 0.15) is 5.75 Å². The average Bonchev–Trinajstić information content (AvgIpc) is 2.31. The van der Waals surface area contributed by atoms with Gasteiger partial charge in [0.05, 0.1) is 0 Å². The minimum atomic E-state index is 0.290. The number of nitrogens with zero attached hydrogens (tertiary/aromatic N) is 1. The third kappa shape index (κ3) is 2.85. The SMILES string of the molecule is Cc1cc(CN2CCC(C)C(N)C2)cc(C)c1O. The molecule has 0 amide bonds. The van der Waals surface area contributed by atoms with Crippen LogP contribution in [0.2, 0.25) is 0 Å². The van der Waals surface area contributed by atoms with E-state index in [1.165, 1.54) is 12.0 Å². The molecule has 3 heteroatoms. The molecule has 1 saturated heterocycles. The first kappa shape index (κ1) is 13.4. The van der Waals surface area contributed by atoms with Crippen molar-refractivity contribution in [3.05, 3.63) is 28.8 Å². The Morgan fingerprint density at radius 2 is 1.94 bits per heavy atom. The predicted octanol–water partition coefficient (Wildman–Crippen LogP) is 2.18. The minimum Gasteiger partial charge on any atom is -0.507 e. The maximum atomic E-state index is 9.78. The van der Waals surface area contributed by atoms with Crippen molar-refractivity contribution in [3.63, 3.8) is 0 Å². The van der Waals surface area contributed by atoms with E-state index in [0.29, 0.717) is 11.7 Å². The molecule has 1 fully saturated rings. The van der Waals surface area contributed by atoms with Crippen LogP contribution in [-0.2, 0) is 6.54 Å². The summed E-state index contributed by atoms with van der Waals surface area (Å²) in [6, 6.07) is 4.44. The Hall–Kier alpha value is -1.06. The average molecular weight is 248 g/mol. The normalized spacial score (nSPS) is 25.3. The summed E-state index contributed by atoms with van der Waals surface area (Å²) in [4.78, 5) is 2.41. The highest BCUT2D eigenvalue weighted by Crippen LogP contribution is 2.24. The monoisotopic (exact) mass is 248 g/mol. The molecular formula is C15H24N2O. The smallest absolute Gasteiger partial charge is 0.121 e. The second-order valence-corrected chi connectivity index (χ2v) is 5.74. The maximum absolute atomic E-state index is 9.78. The van der Waals surface area contributed by atoms with E-state index in [0.717, 1.165) is 30.8 Å². The summed E-state index contributed by atoms with van der Waals surface area (Å²) in [5, 5.41) is 9.78. The summed E-state index contributed by atoms with van der Waals surface area (Å²) in [5.74, 6) is 1.05. The molecule has 0 radical (unpaired) electrons. The van der Waals surface area contributed by atoms with E-state index in [1.54, 1.807) is 0 Å². The minimum absolute atomic E-state index is 0.290. The number of aryl methyl sites for hydroxylation is 2. The molecule has 100 valence electrons. The number of piperidine rings is 1. The third-order valence-corrected chi connectivity index (χ3v) is 4.06. The van der Waals surface area contributed by atoms with Gasteiger partial charge in [-0.15, -0.1) is 0 Å². The van der Waals surface area contributed by atoms with E-state index < -0.39 is 0 Å². The van der Waals surface area contributed by atoms with Gasteiger partial charge < -0.3 is 10.8 Å². The first-order chi connectivity index (χ1) is 8.47. The number of aromatic hydroxyl groups is 1. The zero-order chi connectivity index (χ0) is 13.3. The highest BCUT2D eigenvalue weighted by atomic mass is 16.3. The molecule has 0 saturated carbocycles. The van der Waals surface area contributed by atoms with Crippen LogP contribution in [0, 0.1) is 19.8 Å². The van der Waals surface area contributed by atoms with Crippen molar-refractivity contribution in [1.29, 1.82) is 0 Å². The van der Waals surface area contributed by atoms with Crippen molar-refractivity contribution in [1.82, 2.24) is 4.90 Å². The zero-order valence-electron chi connectivity index (χ0n) is 11.6. The molecular weight excluding hydrogens is 224 g/mol. The lowest BCUT2D eigenvalue weighted by Crippen LogP contribution is -2.47. The molecule has 1 aromatic rings. The van der Waals surface area contributed by atoms with Crippen molar-refractivity contribution in [2.24, 2.45) is 11.7 Å². The fraction of sp³-hybridized carbons (Fsp3) is 0.600. The standard InChI is InChI=1S/C15H24N2O/c1-10-4-5-17(9-14(10)16)8-13-6-11(2)15(18)12(3)7-13/h6-7,10,14,18H,4-5,8-9,16H2,1-3H3. The van der Waals surface area contributed by atoms with Gasteiger partial charge in [-0.25, -0.2) is 0 Å². The molecule has 2 unspecified atom stereocenters. The summed E-state index contributed by atoms with van der Waals surface area (Å²) in [5.41, 5.74) is 9.31. The molecule has 0 aliphatic carbocycles. The molecule has 0 spiro atoms. The number of phenolic OH excluding ortho intramolecular Hbond substituents is 1. The molecule has 1 aliphatic heterocycles. The first-order valence-corrected chi connectivity index (χ1v) is 6.74. The van der Waals surface area contributed by atoms with E-state index in [-0.39, 0.29) is 6.04 Å².